The molecular weight excluding hydrogens is 433 g/mol. The Morgan fingerprint density at radius 3 is 2.50 bits per heavy atom. The summed E-state index contributed by atoms with van der Waals surface area (Å²) < 4.78 is 43.7. The Balaban J connectivity index is 1.77. The van der Waals surface area contributed by atoms with Crippen molar-refractivity contribution in [1.82, 2.24) is 4.90 Å². The summed E-state index contributed by atoms with van der Waals surface area (Å²) in [6.45, 7) is 0. The summed E-state index contributed by atoms with van der Waals surface area (Å²) in [5.41, 5.74) is 0.273. The summed E-state index contributed by atoms with van der Waals surface area (Å²) in [5.74, 6) is -1.49. The van der Waals surface area contributed by atoms with Crippen LogP contribution in [0.2, 0.25) is 5.02 Å². The highest BCUT2D eigenvalue weighted by atomic mass is 35.5. The van der Waals surface area contributed by atoms with E-state index in [-0.39, 0.29) is 40.2 Å². The van der Waals surface area contributed by atoms with Gasteiger partial charge in [0.25, 0.3) is 5.91 Å². The van der Waals surface area contributed by atoms with Gasteiger partial charge >= 0.3 is 0 Å². The number of hydrogen-bond acceptors (Lipinski definition) is 5. The topological polar surface area (TPSA) is 84.7 Å². The SMILES string of the molecule is O=C1c2oc3ccc(F)cc3c(=O)c2C(c2ccc(Cl)cc2)N1C1CCS(=O)(=O)C1. The van der Waals surface area contributed by atoms with E-state index in [0.717, 1.165) is 12.1 Å². The number of benzene rings is 2. The summed E-state index contributed by atoms with van der Waals surface area (Å²) in [5, 5.41) is 0.507. The van der Waals surface area contributed by atoms with Crippen molar-refractivity contribution < 1.29 is 22.0 Å². The van der Waals surface area contributed by atoms with Crippen LogP contribution in [0.3, 0.4) is 0 Å². The van der Waals surface area contributed by atoms with E-state index in [1.54, 1.807) is 24.3 Å². The van der Waals surface area contributed by atoms with Gasteiger partial charge in [0.2, 0.25) is 5.76 Å². The highest BCUT2D eigenvalue weighted by Gasteiger charge is 2.48. The standard InChI is InChI=1S/C21H15ClFNO5S/c22-12-3-1-11(2-4-12)18-17-19(25)15-9-13(23)5-6-16(15)29-20(17)21(26)24(18)14-7-8-30(27,28)10-14/h1-6,9,14,18H,7-8,10H2. The van der Waals surface area contributed by atoms with Gasteiger partial charge < -0.3 is 9.32 Å². The first-order valence-corrected chi connectivity index (χ1v) is 11.5. The number of halogens is 2. The summed E-state index contributed by atoms with van der Waals surface area (Å²) >= 11 is 5.99. The Kier molecular flexibility index (Phi) is 4.27. The predicted molar refractivity (Wildman–Crippen MR) is 109 cm³/mol. The molecule has 1 fully saturated rings. The van der Waals surface area contributed by atoms with Gasteiger partial charge in [0.05, 0.1) is 28.5 Å². The molecule has 30 heavy (non-hydrogen) atoms. The Morgan fingerprint density at radius 2 is 1.83 bits per heavy atom. The van der Waals surface area contributed by atoms with E-state index in [1.807, 2.05) is 0 Å². The van der Waals surface area contributed by atoms with Crippen molar-refractivity contribution in [2.45, 2.75) is 18.5 Å². The number of rotatable bonds is 2. The molecule has 3 heterocycles. The fraction of sp³-hybridized carbons (Fsp3) is 0.238. The Hall–Kier alpha value is -2.71. The zero-order valence-corrected chi connectivity index (χ0v) is 17.0. The van der Waals surface area contributed by atoms with Crippen LogP contribution in [-0.4, -0.2) is 36.8 Å². The van der Waals surface area contributed by atoms with Gasteiger partial charge in [-0.25, -0.2) is 12.8 Å². The average molecular weight is 448 g/mol. The monoisotopic (exact) mass is 447 g/mol. The number of nitrogens with zero attached hydrogens (tertiary/aromatic N) is 1. The average Bonchev–Trinajstić information content (AvgIpc) is 3.20. The summed E-state index contributed by atoms with van der Waals surface area (Å²) in [4.78, 5) is 28.0. The van der Waals surface area contributed by atoms with Crippen LogP contribution in [0.25, 0.3) is 11.0 Å². The molecule has 1 amide bonds. The van der Waals surface area contributed by atoms with Crippen LogP contribution in [0.4, 0.5) is 4.39 Å². The minimum atomic E-state index is -3.28. The zero-order valence-electron chi connectivity index (χ0n) is 15.5. The molecule has 9 heteroatoms. The number of fused-ring (bicyclic) bond motifs is 2. The lowest BCUT2D eigenvalue weighted by Crippen LogP contribution is -2.40. The zero-order chi connectivity index (χ0) is 21.2. The molecule has 0 bridgehead atoms. The van der Waals surface area contributed by atoms with Gasteiger partial charge in [0.15, 0.2) is 15.3 Å². The second kappa shape index (κ2) is 6.65. The molecule has 2 aromatic carbocycles. The fourth-order valence-corrected chi connectivity index (χ4v) is 6.14. The third-order valence-corrected chi connectivity index (χ3v) is 7.66. The summed E-state index contributed by atoms with van der Waals surface area (Å²) in [7, 11) is -3.28. The van der Waals surface area contributed by atoms with Gasteiger partial charge in [-0.15, -0.1) is 0 Å². The highest BCUT2D eigenvalue weighted by molar-refractivity contribution is 7.91. The molecule has 5 rings (SSSR count). The molecule has 0 radical (unpaired) electrons. The van der Waals surface area contributed by atoms with Gasteiger partial charge in [-0.3, -0.25) is 9.59 Å². The first kappa shape index (κ1) is 19.3. The smallest absolute Gasteiger partial charge is 0.291 e. The minimum Gasteiger partial charge on any atom is -0.450 e. The number of sulfone groups is 1. The maximum atomic E-state index is 13.8. The van der Waals surface area contributed by atoms with E-state index in [9.17, 15) is 22.4 Å². The molecule has 0 saturated carbocycles. The molecule has 2 aliphatic rings. The molecule has 2 atom stereocenters. The highest BCUT2D eigenvalue weighted by Crippen LogP contribution is 2.41. The first-order chi connectivity index (χ1) is 14.2. The number of amides is 1. The number of hydrogen-bond donors (Lipinski definition) is 0. The molecule has 0 N–H and O–H groups in total. The van der Waals surface area contributed by atoms with Gasteiger partial charge in [0.1, 0.15) is 11.4 Å². The van der Waals surface area contributed by atoms with Crippen LogP contribution >= 0.6 is 11.6 Å². The summed E-state index contributed by atoms with van der Waals surface area (Å²) in [6.07, 6.45) is 0.272. The van der Waals surface area contributed by atoms with Crippen LogP contribution in [0, 0.1) is 5.82 Å². The first-order valence-electron chi connectivity index (χ1n) is 9.30. The van der Waals surface area contributed by atoms with Crippen LogP contribution in [0.1, 0.15) is 34.1 Å². The molecule has 1 saturated heterocycles. The molecule has 0 spiro atoms. The lowest BCUT2D eigenvalue weighted by Gasteiger charge is -2.30. The van der Waals surface area contributed by atoms with Gasteiger partial charge in [-0.2, -0.15) is 0 Å². The minimum absolute atomic E-state index is 0.0281. The molecule has 1 aromatic heterocycles. The number of carbonyl (C=O) groups excluding carboxylic acids is 1. The second-order valence-corrected chi connectivity index (χ2v) is 10.2. The van der Waals surface area contributed by atoms with Crippen LogP contribution in [0.5, 0.6) is 0 Å². The quantitative estimate of drug-likeness (QED) is 0.601. The summed E-state index contributed by atoms with van der Waals surface area (Å²) in [6, 6.07) is 8.72. The second-order valence-electron chi connectivity index (χ2n) is 7.54. The van der Waals surface area contributed by atoms with Crippen molar-refractivity contribution in [2.75, 3.05) is 11.5 Å². The van der Waals surface area contributed by atoms with Crippen molar-refractivity contribution in [3.8, 4) is 0 Å². The number of carbonyl (C=O) groups is 1. The van der Waals surface area contributed by atoms with Crippen molar-refractivity contribution in [3.63, 3.8) is 0 Å². The van der Waals surface area contributed by atoms with Gasteiger partial charge in [0, 0.05) is 11.1 Å². The lowest BCUT2D eigenvalue weighted by atomic mass is 9.97. The van der Waals surface area contributed by atoms with Crippen LogP contribution < -0.4 is 5.43 Å². The van der Waals surface area contributed by atoms with Crippen molar-refractivity contribution >= 4 is 38.3 Å². The third-order valence-electron chi connectivity index (χ3n) is 5.66. The molecule has 2 unspecified atom stereocenters. The lowest BCUT2D eigenvalue weighted by molar-refractivity contribution is 0.0662. The van der Waals surface area contributed by atoms with Gasteiger partial charge in [-0.1, -0.05) is 23.7 Å². The molecule has 2 aliphatic heterocycles. The van der Waals surface area contributed by atoms with Crippen molar-refractivity contribution in [1.29, 1.82) is 0 Å². The molecule has 3 aromatic rings. The molecule has 154 valence electrons. The normalized spacial score (nSPS) is 22.6. The third kappa shape index (κ3) is 2.94. The molecule has 0 aliphatic carbocycles. The van der Waals surface area contributed by atoms with Crippen LogP contribution in [-0.2, 0) is 9.84 Å². The van der Waals surface area contributed by atoms with E-state index < -0.39 is 39.1 Å². The molecule has 6 nitrogen and oxygen atoms in total. The van der Waals surface area contributed by atoms with E-state index in [0.29, 0.717) is 10.6 Å². The van der Waals surface area contributed by atoms with E-state index in [1.165, 1.54) is 11.0 Å². The molecular formula is C21H15ClFNO5S. The maximum Gasteiger partial charge on any atom is 0.291 e. The van der Waals surface area contributed by atoms with E-state index >= 15 is 0 Å². The van der Waals surface area contributed by atoms with Crippen molar-refractivity contribution in [2.24, 2.45) is 0 Å². The Morgan fingerprint density at radius 1 is 1.10 bits per heavy atom. The maximum absolute atomic E-state index is 13.8. The van der Waals surface area contributed by atoms with E-state index in [2.05, 4.69) is 0 Å². The largest absolute Gasteiger partial charge is 0.450 e. The van der Waals surface area contributed by atoms with Crippen LogP contribution in [0.15, 0.2) is 51.7 Å². The van der Waals surface area contributed by atoms with Gasteiger partial charge in [-0.05, 0) is 42.3 Å². The fourth-order valence-electron chi connectivity index (χ4n) is 4.31. The van der Waals surface area contributed by atoms with E-state index in [4.69, 9.17) is 16.0 Å². The predicted octanol–water partition coefficient (Wildman–Crippen LogP) is 3.32. The van der Waals surface area contributed by atoms with Crippen molar-refractivity contribution in [3.05, 3.63) is 80.4 Å². The Labute approximate surface area is 175 Å². The Bertz CT molecular complexity index is 1370.